The average molecular weight is 358 g/mol. The monoisotopic (exact) mass is 358 g/mol. The molecule has 134 valence electrons. The van der Waals surface area contributed by atoms with Gasteiger partial charge in [-0.25, -0.2) is 22.7 Å². The number of amides is 3. The average Bonchev–Trinajstić information content (AvgIpc) is 2.71. The number of piperazine rings is 1. The predicted molar refractivity (Wildman–Crippen MR) is 84.1 cm³/mol. The number of sulfonamides is 1. The van der Waals surface area contributed by atoms with E-state index in [1.165, 1.54) is 4.90 Å². The minimum Gasteiger partial charge on any atom is -0.465 e. The number of hydrogen-bond donors (Lipinski definition) is 2. The van der Waals surface area contributed by atoms with Crippen LogP contribution in [0, 0.1) is 5.41 Å². The Labute approximate surface area is 140 Å². The molecule has 0 unspecified atom stereocenters. The normalized spacial score (nSPS) is 37.8. The van der Waals surface area contributed by atoms with Gasteiger partial charge in [0.25, 0.3) is 0 Å². The van der Waals surface area contributed by atoms with E-state index in [2.05, 4.69) is 4.72 Å². The van der Waals surface area contributed by atoms with Gasteiger partial charge in [-0.2, -0.15) is 0 Å². The molecule has 3 aliphatic carbocycles. The fourth-order valence-electron chi connectivity index (χ4n) is 4.97. The zero-order chi connectivity index (χ0) is 17.3. The van der Waals surface area contributed by atoms with Crippen molar-refractivity contribution in [3.63, 3.8) is 0 Å². The second-order valence-electron chi connectivity index (χ2n) is 7.82. The van der Waals surface area contributed by atoms with Crippen LogP contribution >= 0.6 is 0 Å². The highest BCUT2D eigenvalue weighted by atomic mass is 32.2. The highest BCUT2D eigenvalue weighted by Gasteiger charge is 2.72. The summed E-state index contributed by atoms with van der Waals surface area (Å²) in [6.07, 6.45) is 2.72. The summed E-state index contributed by atoms with van der Waals surface area (Å²) in [5.41, 5.74) is -0.138. The third-order valence-electron chi connectivity index (χ3n) is 6.02. The maximum Gasteiger partial charge on any atom is 0.407 e. The van der Waals surface area contributed by atoms with E-state index in [1.54, 1.807) is 4.90 Å². The SMILES string of the molecule is CS(=O)(=O)NCC12CC(N3C[C@@H]4CN(C(=O)O)CCN4C3=O)(C1)C2. The fourth-order valence-corrected chi connectivity index (χ4v) is 5.54. The molecule has 5 rings (SSSR count). The molecule has 2 N–H and O–H groups in total. The lowest BCUT2D eigenvalue weighted by molar-refractivity contribution is -0.194. The van der Waals surface area contributed by atoms with Gasteiger partial charge in [-0.05, 0) is 24.7 Å². The molecule has 3 saturated carbocycles. The van der Waals surface area contributed by atoms with Gasteiger partial charge in [-0.1, -0.05) is 0 Å². The molecule has 2 bridgehead atoms. The van der Waals surface area contributed by atoms with Gasteiger partial charge >= 0.3 is 12.1 Å². The molecule has 0 aromatic carbocycles. The molecule has 3 amide bonds. The Morgan fingerprint density at radius 3 is 2.54 bits per heavy atom. The topological polar surface area (TPSA) is 110 Å². The molecular formula is C14H22N4O5S. The summed E-state index contributed by atoms with van der Waals surface area (Å²) in [6, 6.07) is -0.0594. The second-order valence-corrected chi connectivity index (χ2v) is 9.65. The first kappa shape index (κ1) is 15.9. The standard InChI is InChI=1S/C14H22N4O5S/c1-24(22,23)15-9-13-6-14(7-13,8-13)18-5-10-4-16(12(20)21)2-3-17(10)11(18)19/h10,15H,2-9H2,1H3,(H,20,21)/t10-,13?,14?/m0/s1. The predicted octanol–water partition coefficient (Wildman–Crippen LogP) is -0.442. The van der Waals surface area contributed by atoms with Crippen LogP contribution < -0.4 is 4.72 Å². The van der Waals surface area contributed by atoms with Crippen molar-refractivity contribution in [1.29, 1.82) is 0 Å². The molecular weight excluding hydrogens is 336 g/mol. The van der Waals surface area contributed by atoms with Crippen molar-refractivity contribution in [3.8, 4) is 0 Å². The lowest BCUT2D eigenvalue weighted by Crippen LogP contribution is -2.77. The summed E-state index contributed by atoms with van der Waals surface area (Å²) < 4.78 is 25.1. The van der Waals surface area contributed by atoms with Gasteiger partial charge in [-0.15, -0.1) is 0 Å². The minimum absolute atomic E-state index is 0.000441. The lowest BCUT2D eigenvalue weighted by Gasteiger charge is -2.73. The molecule has 2 aliphatic heterocycles. The van der Waals surface area contributed by atoms with E-state index < -0.39 is 16.1 Å². The van der Waals surface area contributed by atoms with Crippen LogP contribution in [0.25, 0.3) is 0 Å². The van der Waals surface area contributed by atoms with E-state index in [1.807, 2.05) is 4.90 Å². The molecule has 5 aliphatic rings. The number of nitrogens with one attached hydrogen (secondary N) is 1. The van der Waals surface area contributed by atoms with Gasteiger partial charge in [-0.3, -0.25) is 0 Å². The summed E-state index contributed by atoms with van der Waals surface area (Å²) in [6.45, 7) is 2.19. The van der Waals surface area contributed by atoms with E-state index in [9.17, 15) is 18.0 Å². The van der Waals surface area contributed by atoms with Crippen LogP contribution in [0.5, 0.6) is 0 Å². The molecule has 24 heavy (non-hydrogen) atoms. The van der Waals surface area contributed by atoms with Gasteiger partial charge in [0.2, 0.25) is 10.0 Å². The number of carbonyl (C=O) groups excluding carboxylic acids is 1. The molecule has 9 nitrogen and oxygen atoms in total. The first-order valence-electron chi connectivity index (χ1n) is 8.14. The van der Waals surface area contributed by atoms with Crippen LogP contribution in [-0.2, 0) is 10.0 Å². The number of fused-ring (bicyclic) bond motifs is 1. The molecule has 1 atom stereocenters. The first-order chi connectivity index (χ1) is 11.1. The zero-order valence-corrected chi connectivity index (χ0v) is 14.4. The summed E-state index contributed by atoms with van der Waals surface area (Å²) >= 11 is 0. The maximum absolute atomic E-state index is 12.7. The molecule has 0 radical (unpaired) electrons. The first-order valence-corrected chi connectivity index (χ1v) is 10.0. The summed E-state index contributed by atoms with van der Waals surface area (Å²) in [7, 11) is -3.19. The summed E-state index contributed by atoms with van der Waals surface area (Å²) in [4.78, 5) is 28.9. The zero-order valence-electron chi connectivity index (χ0n) is 13.6. The molecule has 0 spiro atoms. The molecule has 2 heterocycles. The number of rotatable bonds is 4. The maximum atomic E-state index is 12.7. The number of carboxylic acid groups (broad SMARTS) is 1. The lowest BCUT2D eigenvalue weighted by atomic mass is 9.39. The van der Waals surface area contributed by atoms with Crippen molar-refractivity contribution >= 4 is 22.1 Å². The van der Waals surface area contributed by atoms with Crippen LogP contribution in [0.2, 0.25) is 0 Å². The van der Waals surface area contributed by atoms with Crippen molar-refractivity contribution in [3.05, 3.63) is 0 Å². The van der Waals surface area contributed by atoms with Gasteiger partial charge in [0.05, 0.1) is 12.3 Å². The summed E-state index contributed by atoms with van der Waals surface area (Å²) in [5, 5.41) is 9.13. The van der Waals surface area contributed by atoms with E-state index in [0.29, 0.717) is 32.7 Å². The van der Waals surface area contributed by atoms with E-state index in [4.69, 9.17) is 5.11 Å². The third-order valence-corrected chi connectivity index (χ3v) is 6.69. The Kier molecular flexibility index (Phi) is 3.16. The molecule has 2 saturated heterocycles. The highest BCUT2D eigenvalue weighted by molar-refractivity contribution is 7.88. The summed E-state index contributed by atoms with van der Waals surface area (Å²) in [5.74, 6) is 0. The number of carbonyl (C=O) groups is 2. The van der Waals surface area contributed by atoms with Gasteiger partial charge < -0.3 is 19.8 Å². The Hall–Kier alpha value is -1.55. The van der Waals surface area contributed by atoms with E-state index in [0.717, 1.165) is 25.5 Å². The second kappa shape index (κ2) is 4.75. The fraction of sp³-hybridized carbons (Fsp3) is 0.857. The molecule has 0 aromatic rings. The van der Waals surface area contributed by atoms with Crippen molar-refractivity contribution < 1.29 is 23.1 Å². The van der Waals surface area contributed by atoms with Gasteiger partial charge in [0.1, 0.15) is 0 Å². The van der Waals surface area contributed by atoms with Gasteiger partial charge in [0.15, 0.2) is 0 Å². The Morgan fingerprint density at radius 2 is 1.96 bits per heavy atom. The Morgan fingerprint density at radius 1 is 1.29 bits per heavy atom. The molecule has 10 heteroatoms. The smallest absolute Gasteiger partial charge is 0.407 e. The number of nitrogens with zero attached hydrogens (tertiary/aromatic N) is 3. The molecule has 5 fully saturated rings. The highest BCUT2D eigenvalue weighted by Crippen LogP contribution is 2.70. The van der Waals surface area contributed by atoms with Crippen molar-refractivity contribution in [1.82, 2.24) is 19.4 Å². The largest absolute Gasteiger partial charge is 0.465 e. The van der Waals surface area contributed by atoms with Crippen LogP contribution in [-0.4, -0.2) is 90.9 Å². The quantitative estimate of drug-likeness (QED) is 0.708. The Balaban J connectivity index is 1.38. The molecule has 0 aromatic heterocycles. The van der Waals surface area contributed by atoms with Crippen molar-refractivity contribution in [2.45, 2.75) is 30.8 Å². The van der Waals surface area contributed by atoms with Crippen molar-refractivity contribution in [2.24, 2.45) is 5.41 Å². The van der Waals surface area contributed by atoms with Crippen LogP contribution in [0.1, 0.15) is 19.3 Å². The number of hydrogen-bond acceptors (Lipinski definition) is 4. The Bertz CT molecular complexity index is 688. The van der Waals surface area contributed by atoms with Crippen LogP contribution in [0.15, 0.2) is 0 Å². The third kappa shape index (κ3) is 2.26. The van der Waals surface area contributed by atoms with Crippen LogP contribution in [0.4, 0.5) is 9.59 Å². The number of urea groups is 1. The van der Waals surface area contributed by atoms with Crippen molar-refractivity contribution in [2.75, 3.05) is 39.0 Å². The minimum atomic E-state index is -3.19. The van der Waals surface area contributed by atoms with E-state index >= 15 is 0 Å². The van der Waals surface area contributed by atoms with Crippen LogP contribution in [0.3, 0.4) is 0 Å². The van der Waals surface area contributed by atoms with Gasteiger partial charge in [0, 0.05) is 38.3 Å². The van der Waals surface area contributed by atoms with E-state index in [-0.39, 0.29) is 23.0 Å².